The van der Waals surface area contributed by atoms with E-state index in [1.165, 1.54) is 0 Å². The van der Waals surface area contributed by atoms with E-state index in [1.54, 1.807) is 18.6 Å². The van der Waals surface area contributed by atoms with Crippen LogP contribution in [0.3, 0.4) is 0 Å². The summed E-state index contributed by atoms with van der Waals surface area (Å²) in [7, 11) is 0. The van der Waals surface area contributed by atoms with Crippen molar-refractivity contribution in [3.8, 4) is 0 Å². The number of carbonyl (C=O) groups excluding carboxylic acids is 8. The van der Waals surface area contributed by atoms with Gasteiger partial charge in [-0.15, -0.1) is 29.8 Å². The number of halogens is 1. The standard InChI is InChI=1S/C34H44N6O4.C33H43N7O3.C29H36N6O2.C3H9N.3CH3.Al.ClH/c1-22(2)36-31(41)30-29(26-8-6-7-9-27(26)37-30)24-13-18-40(19-14-24)32(42)25-11-16-39(17-12-25)21-23-10-15-35-28(20-23)38-33(43)44-34(3,4)5;1-21(2)35-31(41)30-29(26-7-5-6-8-27(26)37-30)24-12-17-40(18-13-24)32(42)25-10-15-39(16-11-25)20-23-9-14-34-28(19-23)38-33(43)36-22(3)4;1-19(2)32-28(36)27-26(23-5-3-4-6-24(23)33-27)21-10-15-35(16-11-21)29(37)22-8-13-34(14-9-22)18-20-7-12-31-25(30)17-20;1-3(2)4;;;;;/h6-10,13,15,20,22,25,37H,11-12,14,16-19,21H2,1-5H3,(H,36,41)(H,35,38,43);5-9,12,14,19,21-22,25,37H,10-11,13,15-18,20H2,1-4H3,(H,35,41)(H2,34,36,38,43);3-7,10,12,17,19,22,33H,8-9,11,13-16,18H2,1-2H3,(H2,30,31)(H,32,36);3H,4H2,1-2H3;3*1H3;;1H. The van der Waals surface area contributed by atoms with Crippen molar-refractivity contribution in [1.82, 2.24) is 80.6 Å². The van der Waals surface area contributed by atoms with Gasteiger partial charge in [-0.25, -0.2) is 24.5 Å². The fraction of sp³-hybridized carbons (Fsp3) is 0.480. The van der Waals surface area contributed by atoms with Gasteiger partial charge in [0, 0.05) is 169 Å². The van der Waals surface area contributed by atoms with Crippen LogP contribution in [0.2, 0.25) is 17.4 Å². The van der Waals surface area contributed by atoms with Gasteiger partial charge in [0.2, 0.25) is 17.7 Å². The highest BCUT2D eigenvalue weighted by Gasteiger charge is 2.36. The number of aromatic nitrogens is 6. The number of fused-ring (bicyclic) bond motifs is 3. The van der Waals surface area contributed by atoms with Crippen LogP contribution in [0.25, 0.3) is 49.4 Å². The molecule has 0 unspecified atom stereocenters. The molecule has 9 amide bonds. The Labute approximate surface area is 795 Å². The Kier molecular flexibility index (Phi) is 38.4. The quantitative estimate of drug-likeness (QED) is 0.0298. The van der Waals surface area contributed by atoms with Crippen molar-refractivity contribution in [1.29, 1.82) is 0 Å². The molecule has 3 fully saturated rings. The summed E-state index contributed by atoms with van der Waals surface area (Å²) >= 11 is -0.139. The molecule has 6 aliphatic rings. The van der Waals surface area contributed by atoms with E-state index >= 15 is 0 Å². The lowest BCUT2D eigenvalue weighted by Gasteiger charge is -2.35. The topological polar surface area (TPSA) is 375 Å². The molecule has 15 rings (SSSR count). The lowest BCUT2D eigenvalue weighted by molar-refractivity contribution is -0.137. The number of aromatic amines is 3. The van der Waals surface area contributed by atoms with Gasteiger partial charge < -0.3 is 67.1 Å². The number of piperidine rings is 3. The van der Waals surface area contributed by atoms with Crippen molar-refractivity contribution in [2.75, 3.05) is 94.9 Å². The van der Waals surface area contributed by atoms with Crippen LogP contribution in [-0.4, -0.2) is 235 Å². The van der Waals surface area contributed by atoms with Crippen molar-refractivity contribution in [2.45, 2.75) is 221 Å². The van der Waals surface area contributed by atoms with Crippen LogP contribution >= 0.6 is 12.4 Å². The number of urea groups is 1. The summed E-state index contributed by atoms with van der Waals surface area (Å²) in [4.78, 5) is 139. The van der Waals surface area contributed by atoms with E-state index < -0.39 is 11.7 Å². The van der Waals surface area contributed by atoms with Gasteiger partial charge in [0.05, 0.1) is 0 Å². The first-order chi connectivity index (χ1) is 63.0. The van der Waals surface area contributed by atoms with Crippen molar-refractivity contribution in [2.24, 2.45) is 23.5 Å². The fourth-order valence-corrected chi connectivity index (χ4v) is 17.5. The van der Waals surface area contributed by atoms with E-state index in [9.17, 15) is 38.4 Å². The number of rotatable bonds is 21. The van der Waals surface area contributed by atoms with Gasteiger partial charge in [0.15, 0.2) is 0 Å². The molecule has 0 saturated carbocycles. The van der Waals surface area contributed by atoms with Gasteiger partial charge in [-0.2, -0.15) is 0 Å². The number of amides is 9. The number of likely N-dealkylation sites (tertiary alicyclic amines) is 3. The number of benzene rings is 3. The minimum Gasteiger partial charge on any atom is -0.444 e. The lowest BCUT2D eigenvalue weighted by Crippen LogP contribution is -2.43. The number of anilines is 3. The summed E-state index contributed by atoms with van der Waals surface area (Å²) in [6, 6.07) is 35.8. The Bertz CT molecular complexity index is 5530. The van der Waals surface area contributed by atoms with E-state index in [0.717, 1.165) is 187 Å². The van der Waals surface area contributed by atoms with Gasteiger partial charge in [0.25, 0.3) is 31.9 Å². The first kappa shape index (κ1) is 104. The van der Waals surface area contributed by atoms with Crippen molar-refractivity contribution >= 4 is 141 Å². The molecule has 3 saturated heterocycles. The van der Waals surface area contributed by atoms with Gasteiger partial charge in [-0.3, -0.25) is 54.1 Å². The molecule has 13 N–H and O–H groups in total. The zero-order valence-corrected chi connectivity index (χ0v) is 82.8. The highest BCUT2D eigenvalue weighted by molar-refractivity contribution is 6.54. The third-order valence-corrected chi connectivity index (χ3v) is 23.4. The van der Waals surface area contributed by atoms with Crippen molar-refractivity contribution in [3.63, 3.8) is 0 Å². The summed E-state index contributed by atoms with van der Waals surface area (Å²) in [6.45, 7) is 36.0. The molecular weight excluding hydrogens is 1710 g/mol. The van der Waals surface area contributed by atoms with E-state index in [4.69, 9.17) is 16.2 Å². The molecule has 714 valence electrons. The van der Waals surface area contributed by atoms with Crippen molar-refractivity contribution < 1.29 is 43.1 Å². The van der Waals surface area contributed by atoms with Crippen LogP contribution in [-0.2, 0) is 38.8 Å². The third kappa shape index (κ3) is 30.4. The summed E-state index contributed by atoms with van der Waals surface area (Å²) in [5.74, 6) is 8.89. The molecule has 31 heteroatoms. The fourth-order valence-electron chi connectivity index (χ4n) is 17.5. The minimum absolute atomic E-state index is 0. The number of hydrogen-bond donors (Lipinski definition) is 11. The summed E-state index contributed by atoms with van der Waals surface area (Å²) in [6.07, 6.45) is 18.1. The van der Waals surface area contributed by atoms with Crippen LogP contribution in [0.5, 0.6) is 0 Å². The highest BCUT2D eigenvalue weighted by Crippen LogP contribution is 2.38. The van der Waals surface area contributed by atoms with Crippen LogP contribution in [0.1, 0.15) is 213 Å². The molecule has 0 atom stereocenters. The number of nitrogens with one attached hydrogen (secondary N) is 9. The average molecular weight is 1850 g/mol. The molecule has 9 aromatic rings. The smallest absolute Gasteiger partial charge is 0.413 e. The number of hydrogen-bond acceptors (Lipinski definition) is 17. The molecule has 3 aromatic carbocycles. The van der Waals surface area contributed by atoms with E-state index in [0.29, 0.717) is 92.7 Å². The molecule has 133 heavy (non-hydrogen) atoms. The number of ether oxygens (including phenoxy) is 1. The average Bonchev–Trinajstić information content (AvgIpc) is 1.64. The highest BCUT2D eigenvalue weighted by atomic mass is 35.5. The summed E-state index contributed by atoms with van der Waals surface area (Å²) in [5.41, 5.74) is 24.4. The minimum atomic E-state index is -0.581. The van der Waals surface area contributed by atoms with Gasteiger partial charge in [0.1, 0.15) is 40.1 Å². The van der Waals surface area contributed by atoms with Crippen molar-refractivity contribution in [3.05, 3.63) is 196 Å². The third-order valence-electron chi connectivity index (χ3n) is 23.4. The zero-order chi connectivity index (χ0) is 95.0. The van der Waals surface area contributed by atoms with Crippen LogP contribution in [0.15, 0.2) is 146 Å². The lowest BCUT2D eigenvalue weighted by atomic mass is 9.92. The number of nitrogens with zero attached hydrogens (tertiary/aromatic N) is 9. The van der Waals surface area contributed by atoms with Gasteiger partial charge in [-0.05, 0) is 267 Å². The maximum Gasteiger partial charge on any atom is 0.413 e. The normalized spacial score (nSPS) is 16.1. The molecule has 6 aromatic heterocycles. The van der Waals surface area contributed by atoms with E-state index in [1.807, 2.05) is 208 Å². The first-order valence-electron chi connectivity index (χ1n) is 47.3. The van der Waals surface area contributed by atoms with Crippen LogP contribution in [0, 0.1) is 17.8 Å². The molecule has 0 radical (unpaired) electrons. The Morgan fingerprint density at radius 3 is 1.02 bits per heavy atom. The monoisotopic (exact) mass is 1850 g/mol. The summed E-state index contributed by atoms with van der Waals surface area (Å²) < 4.78 is 5.33. The largest absolute Gasteiger partial charge is 0.444 e. The predicted octanol–water partition coefficient (Wildman–Crippen LogP) is 16.3. The predicted molar refractivity (Wildman–Crippen MR) is 538 cm³/mol. The Hall–Kier alpha value is -11.2. The molecule has 0 aliphatic carbocycles. The number of pyridine rings is 3. The number of nitrogen functional groups attached to an aromatic ring is 1. The van der Waals surface area contributed by atoms with E-state index in [2.05, 4.69) is 118 Å². The van der Waals surface area contributed by atoms with Gasteiger partial charge >= 0.3 is 12.1 Å². The number of H-pyrrole nitrogens is 3. The Morgan fingerprint density at radius 1 is 0.436 bits per heavy atom. The molecule has 6 aliphatic heterocycles. The number of para-hydroxylation sites is 3. The van der Waals surface area contributed by atoms with Crippen LogP contribution < -0.4 is 43.4 Å². The summed E-state index contributed by atoms with van der Waals surface area (Å²) in [5, 5.41) is 20.5. The first-order valence-corrected chi connectivity index (χ1v) is 50.8. The molecule has 0 bridgehead atoms. The second-order valence-electron chi connectivity index (χ2n) is 38.6. The van der Waals surface area contributed by atoms with Crippen LogP contribution in [0.4, 0.5) is 27.0 Å². The maximum absolute atomic E-state index is 13.5. The molecule has 29 nitrogen and oxygen atoms in total. The molecular formula is C102H142AlClN20O9. The maximum atomic E-state index is 13.5. The van der Waals surface area contributed by atoms with E-state index in [-0.39, 0.29) is 110 Å². The SMILES string of the molecule is CC(C)N.CC(C)NC(=O)Nc1cc(CN2CCC(C(=O)N3CC=C(c4c(C(=O)NC(C)C)[nH]c5ccccc45)CC3)CC2)ccn1.CC(C)NC(=O)c1[nH]c2ccccc2c1C1=CCN(C(=O)C2CCN(Cc3ccnc(N)c3)CC2)CC1.CC(C)NC(=O)c1[nH]c2ccccc2c1C1=CCN(C(=O)C2CCN(Cc3ccnc(NC(=O)OC(C)(C)C)c3)CC2)CC1.Cl.[CH3][Al]([CH3])[CH3]. The molecule has 0 spiro atoms. The number of nitrogens with two attached hydrogens (primary N) is 2. The molecule has 12 heterocycles. The van der Waals surface area contributed by atoms with Gasteiger partial charge in [-0.1, -0.05) is 86.7 Å². The Balaban J connectivity index is 0.000000198. The Morgan fingerprint density at radius 2 is 0.729 bits per heavy atom. The zero-order valence-electron chi connectivity index (χ0n) is 80.8. The second kappa shape index (κ2) is 49.1. The number of carbonyl (C=O) groups is 8. The second-order valence-corrected chi connectivity index (χ2v) is 42.1.